The van der Waals surface area contributed by atoms with Gasteiger partial charge in [-0.1, -0.05) is 6.07 Å². The van der Waals surface area contributed by atoms with Gasteiger partial charge < -0.3 is 10.1 Å². The second-order valence-corrected chi connectivity index (χ2v) is 8.55. The Kier molecular flexibility index (Phi) is 5.57. The molecule has 8 heteroatoms. The number of nitrogens with one attached hydrogen (secondary N) is 1. The Morgan fingerprint density at radius 1 is 1.26 bits per heavy atom. The Morgan fingerprint density at radius 2 is 2.04 bits per heavy atom. The Morgan fingerprint density at radius 3 is 2.70 bits per heavy atom. The van der Waals surface area contributed by atoms with Crippen molar-refractivity contribution in [3.63, 3.8) is 0 Å². The fourth-order valence-electron chi connectivity index (χ4n) is 2.96. The minimum absolute atomic E-state index is 0.186. The van der Waals surface area contributed by atoms with Crippen LogP contribution in [0, 0.1) is 24.5 Å². The van der Waals surface area contributed by atoms with Crippen molar-refractivity contribution in [3.8, 4) is 0 Å². The number of hydrogen-bond donors (Lipinski definition) is 1. The predicted octanol–water partition coefficient (Wildman–Crippen LogP) is 3.34. The number of carbonyl (C=O) groups is 1. The molecule has 0 spiro atoms. The summed E-state index contributed by atoms with van der Waals surface area (Å²) in [6.07, 6.45) is 0.602. The van der Waals surface area contributed by atoms with E-state index in [0.717, 1.165) is 6.07 Å². The summed E-state index contributed by atoms with van der Waals surface area (Å²) in [7, 11) is -3.90. The van der Waals surface area contributed by atoms with Crippen LogP contribution < -0.4 is 5.32 Å². The van der Waals surface area contributed by atoms with Gasteiger partial charge in [0.05, 0.1) is 17.9 Å². The molecule has 1 aliphatic heterocycles. The lowest BCUT2D eigenvalue weighted by Crippen LogP contribution is -2.20. The van der Waals surface area contributed by atoms with Crippen LogP contribution >= 0.6 is 0 Å². The van der Waals surface area contributed by atoms with Crippen LogP contribution in [0.2, 0.25) is 0 Å². The minimum Gasteiger partial charge on any atom is -0.381 e. The molecular formula is C19H19F2NO4S. The second-order valence-electron chi connectivity index (χ2n) is 6.55. The van der Waals surface area contributed by atoms with Crippen LogP contribution in [0.15, 0.2) is 41.3 Å². The lowest BCUT2D eigenvalue weighted by molar-refractivity contribution is 0.102. The van der Waals surface area contributed by atoms with Crippen molar-refractivity contribution in [2.75, 3.05) is 24.3 Å². The summed E-state index contributed by atoms with van der Waals surface area (Å²) in [5.41, 5.74) is 0.221. The number of benzene rings is 2. The van der Waals surface area contributed by atoms with Gasteiger partial charge in [0.25, 0.3) is 5.91 Å². The lowest BCUT2D eigenvalue weighted by atomic mass is 10.1. The van der Waals surface area contributed by atoms with Gasteiger partial charge in [0.2, 0.25) is 0 Å². The number of sulfone groups is 1. The SMILES string of the molecule is Cc1cc(NC(=O)c2cccc(S(=O)(=O)C[C@H]3CCOC3)c2F)ccc1F. The molecule has 1 saturated heterocycles. The number of ether oxygens (including phenoxy) is 1. The predicted molar refractivity (Wildman–Crippen MR) is 96.5 cm³/mol. The molecule has 0 aliphatic carbocycles. The summed E-state index contributed by atoms with van der Waals surface area (Å²) in [5, 5.41) is 2.46. The number of aryl methyl sites for hydroxylation is 1. The van der Waals surface area contributed by atoms with Crippen LogP contribution in [0.3, 0.4) is 0 Å². The maximum Gasteiger partial charge on any atom is 0.258 e. The van der Waals surface area contributed by atoms with Gasteiger partial charge in [0.15, 0.2) is 15.7 Å². The summed E-state index contributed by atoms with van der Waals surface area (Å²) in [6, 6.07) is 7.63. The van der Waals surface area contributed by atoms with Crippen LogP contribution in [0.4, 0.5) is 14.5 Å². The zero-order valence-corrected chi connectivity index (χ0v) is 15.5. The molecule has 3 rings (SSSR count). The summed E-state index contributed by atoms with van der Waals surface area (Å²) < 4.78 is 58.4. The van der Waals surface area contributed by atoms with Gasteiger partial charge in [-0.3, -0.25) is 4.79 Å². The molecular weight excluding hydrogens is 376 g/mol. The van der Waals surface area contributed by atoms with E-state index in [1.165, 1.54) is 37.3 Å². The van der Waals surface area contributed by atoms with Crippen molar-refractivity contribution in [1.82, 2.24) is 0 Å². The largest absolute Gasteiger partial charge is 0.381 e. The average molecular weight is 395 g/mol. The van der Waals surface area contributed by atoms with Crippen LogP contribution in [0.1, 0.15) is 22.3 Å². The van der Waals surface area contributed by atoms with Gasteiger partial charge in [-0.25, -0.2) is 17.2 Å². The number of rotatable bonds is 5. The highest BCUT2D eigenvalue weighted by Crippen LogP contribution is 2.24. The highest BCUT2D eigenvalue weighted by molar-refractivity contribution is 7.91. The number of anilines is 1. The van der Waals surface area contributed by atoms with E-state index in [0.29, 0.717) is 25.2 Å². The Labute approximate surface area is 156 Å². The standard InChI is InChI=1S/C19H19F2NO4S/c1-12-9-14(5-6-16(12)20)22-19(23)15-3-2-4-17(18(15)21)27(24,25)11-13-7-8-26-10-13/h2-6,9,13H,7-8,10-11H2,1H3,(H,22,23)/t13-/m0/s1. The van der Waals surface area contributed by atoms with E-state index >= 15 is 0 Å². The molecule has 2 aromatic rings. The fourth-order valence-corrected chi connectivity index (χ4v) is 4.69. The molecule has 0 aromatic heterocycles. The van der Waals surface area contributed by atoms with Crippen LogP contribution in [-0.4, -0.2) is 33.3 Å². The third-order valence-corrected chi connectivity index (χ3v) is 6.33. The summed E-state index contributed by atoms with van der Waals surface area (Å²) in [6.45, 7) is 2.35. The quantitative estimate of drug-likeness (QED) is 0.843. The van der Waals surface area contributed by atoms with E-state index in [9.17, 15) is 22.0 Å². The number of amides is 1. The second kappa shape index (κ2) is 7.74. The number of carbonyl (C=O) groups excluding carboxylic acids is 1. The first-order chi connectivity index (χ1) is 12.8. The van der Waals surface area contributed by atoms with Gasteiger partial charge in [-0.05, 0) is 55.2 Å². The third kappa shape index (κ3) is 4.33. The summed E-state index contributed by atoms with van der Waals surface area (Å²) in [4.78, 5) is 11.9. The molecule has 1 heterocycles. The van der Waals surface area contributed by atoms with E-state index in [1.54, 1.807) is 0 Å². The topological polar surface area (TPSA) is 72.5 Å². The molecule has 1 aliphatic rings. The van der Waals surface area contributed by atoms with E-state index in [2.05, 4.69) is 5.32 Å². The molecule has 1 amide bonds. The first-order valence-corrected chi connectivity index (χ1v) is 10.1. The van der Waals surface area contributed by atoms with Gasteiger partial charge in [0, 0.05) is 12.3 Å². The molecule has 1 atom stereocenters. The normalized spacial score (nSPS) is 17.1. The maximum absolute atomic E-state index is 14.8. The number of hydrogen-bond acceptors (Lipinski definition) is 4. The molecule has 5 nitrogen and oxygen atoms in total. The van der Waals surface area contributed by atoms with Gasteiger partial charge in [-0.2, -0.15) is 0 Å². The van der Waals surface area contributed by atoms with E-state index in [1.807, 2.05) is 0 Å². The zero-order chi connectivity index (χ0) is 19.6. The third-order valence-electron chi connectivity index (χ3n) is 4.44. The zero-order valence-electron chi connectivity index (χ0n) is 14.7. The molecule has 0 saturated carbocycles. The molecule has 27 heavy (non-hydrogen) atoms. The van der Waals surface area contributed by atoms with Crippen molar-refractivity contribution in [1.29, 1.82) is 0 Å². The van der Waals surface area contributed by atoms with Crippen molar-refractivity contribution >= 4 is 21.4 Å². The lowest BCUT2D eigenvalue weighted by Gasteiger charge is -2.12. The van der Waals surface area contributed by atoms with Gasteiger partial charge in [-0.15, -0.1) is 0 Å². The summed E-state index contributed by atoms with van der Waals surface area (Å²) in [5.74, 6) is -2.74. The van der Waals surface area contributed by atoms with Crippen molar-refractivity contribution in [2.24, 2.45) is 5.92 Å². The van der Waals surface area contributed by atoms with E-state index in [-0.39, 0.29) is 22.9 Å². The Balaban J connectivity index is 1.85. The monoisotopic (exact) mass is 395 g/mol. The highest BCUT2D eigenvalue weighted by atomic mass is 32.2. The molecule has 2 aromatic carbocycles. The summed E-state index contributed by atoms with van der Waals surface area (Å²) >= 11 is 0. The molecule has 0 unspecified atom stereocenters. The van der Waals surface area contributed by atoms with Gasteiger partial charge in [0.1, 0.15) is 10.7 Å². The Hall–Kier alpha value is -2.32. The molecule has 1 N–H and O–H groups in total. The smallest absolute Gasteiger partial charge is 0.258 e. The number of halogens is 2. The minimum atomic E-state index is -3.90. The van der Waals surface area contributed by atoms with Crippen LogP contribution in [0.5, 0.6) is 0 Å². The molecule has 1 fully saturated rings. The van der Waals surface area contributed by atoms with Crippen molar-refractivity contribution in [2.45, 2.75) is 18.2 Å². The maximum atomic E-state index is 14.8. The average Bonchev–Trinajstić information content (AvgIpc) is 3.10. The van der Waals surface area contributed by atoms with Crippen molar-refractivity contribution < 1.29 is 26.7 Å². The Bertz CT molecular complexity index is 970. The van der Waals surface area contributed by atoms with E-state index < -0.39 is 32.3 Å². The molecule has 0 bridgehead atoms. The van der Waals surface area contributed by atoms with Crippen LogP contribution in [-0.2, 0) is 14.6 Å². The van der Waals surface area contributed by atoms with E-state index in [4.69, 9.17) is 4.74 Å². The first kappa shape index (κ1) is 19.4. The van der Waals surface area contributed by atoms with Gasteiger partial charge >= 0.3 is 0 Å². The first-order valence-electron chi connectivity index (χ1n) is 8.44. The van der Waals surface area contributed by atoms with Crippen LogP contribution in [0.25, 0.3) is 0 Å². The van der Waals surface area contributed by atoms with Crippen molar-refractivity contribution in [3.05, 3.63) is 59.2 Å². The molecule has 0 radical (unpaired) electrons. The molecule has 144 valence electrons. The fraction of sp³-hybridized carbons (Fsp3) is 0.316. The highest BCUT2D eigenvalue weighted by Gasteiger charge is 2.28.